The highest BCUT2D eigenvalue weighted by Crippen LogP contribution is 2.22. The molecule has 0 aliphatic heterocycles. The second-order valence-corrected chi connectivity index (χ2v) is 3.38. The Labute approximate surface area is 102 Å². The van der Waals surface area contributed by atoms with Crippen LogP contribution in [0.2, 0.25) is 0 Å². The summed E-state index contributed by atoms with van der Waals surface area (Å²) in [5.74, 6) is -1.82. The molecule has 92 valence electrons. The molecule has 0 radical (unpaired) electrons. The summed E-state index contributed by atoms with van der Waals surface area (Å²) >= 11 is 4.51. The van der Waals surface area contributed by atoms with Crippen molar-refractivity contribution >= 4 is 23.5 Å². The van der Waals surface area contributed by atoms with E-state index < -0.39 is 11.6 Å². The van der Waals surface area contributed by atoms with E-state index in [1.165, 1.54) is 6.07 Å². The Morgan fingerprint density at radius 3 is 2.88 bits per heavy atom. The first-order valence-corrected chi connectivity index (χ1v) is 5.16. The number of hydrogen-bond acceptors (Lipinski definition) is 3. The Balaban J connectivity index is 3.05. The van der Waals surface area contributed by atoms with Gasteiger partial charge in [0.15, 0.2) is 16.7 Å². The summed E-state index contributed by atoms with van der Waals surface area (Å²) in [7, 11) is 0. The van der Waals surface area contributed by atoms with E-state index in [4.69, 9.17) is 10.5 Å². The zero-order chi connectivity index (χ0) is 12.8. The lowest BCUT2D eigenvalue weighted by Gasteiger charge is -2.08. The monoisotopic (exact) mass is 259 g/mol. The maximum Gasteiger partial charge on any atom is 0.184 e. The molecule has 1 aromatic carbocycles. The van der Waals surface area contributed by atoms with Gasteiger partial charge in [-0.1, -0.05) is 0 Å². The van der Waals surface area contributed by atoms with Crippen LogP contribution in [0.15, 0.2) is 17.2 Å². The second kappa shape index (κ2) is 6.09. The third kappa shape index (κ3) is 3.63. The maximum atomic E-state index is 13.5. The van der Waals surface area contributed by atoms with Crippen LogP contribution in [0.4, 0.5) is 8.78 Å². The van der Waals surface area contributed by atoms with E-state index in [0.717, 1.165) is 12.3 Å². The van der Waals surface area contributed by atoms with Crippen molar-refractivity contribution in [3.05, 3.63) is 29.3 Å². The normalized spacial score (nSPS) is 10.5. The van der Waals surface area contributed by atoms with Crippen LogP contribution in [0.5, 0.6) is 5.75 Å². The molecule has 0 saturated heterocycles. The molecule has 0 aliphatic rings. The molecule has 3 N–H and O–H groups in total. The Morgan fingerprint density at radius 1 is 1.59 bits per heavy atom. The third-order valence-electron chi connectivity index (χ3n) is 1.76. The molecule has 0 aromatic heterocycles. The summed E-state index contributed by atoms with van der Waals surface area (Å²) in [6, 6.07) is 2.31. The van der Waals surface area contributed by atoms with Crippen molar-refractivity contribution in [1.29, 1.82) is 0 Å². The first-order valence-electron chi connectivity index (χ1n) is 4.75. The summed E-state index contributed by atoms with van der Waals surface area (Å²) < 4.78 is 31.6. The number of rotatable bonds is 4. The van der Waals surface area contributed by atoms with Crippen molar-refractivity contribution in [2.24, 2.45) is 10.8 Å². The van der Waals surface area contributed by atoms with Gasteiger partial charge in [0.1, 0.15) is 5.75 Å². The van der Waals surface area contributed by atoms with E-state index >= 15 is 0 Å². The summed E-state index contributed by atoms with van der Waals surface area (Å²) in [6.07, 6.45) is 1.06. The fourth-order valence-corrected chi connectivity index (χ4v) is 1.16. The summed E-state index contributed by atoms with van der Waals surface area (Å²) in [5.41, 5.74) is 7.27. The quantitative estimate of drug-likeness (QED) is 0.489. The number of ether oxygens (including phenoxy) is 1. The van der Waals surface area contributed by atoms with Crippen LogP contribution >= 0.6 is 12.2 Å². The fraction of sp³-hybridized carbons (Fsp3) is 0.200. The molecule has 0 heterocycles. The number of nitrogens with two attached hydrogens (primary N) is 1. The number of nitrogens with zero attached hydrogens (tertiary/aromatic N) is 1. The van der Waals surface area contributed by atoms with Crippen molar-refractivity contribution in [3.63, 3.8) is 0 Å². The Morgan fingerprint density at radius 2 is 2.29 bits per heavy atom. The minimum absolute atomic E-state index is 0.0731. The molecule has 1 aromatic rings. The van der Waals surface area contributed by atoms with Crippen molar-refractivity contribution in [1.82, 2.24) is 5.43 Å². The smallest absolute Gasteiger partial charge is 0.184 e. The van der Waals surface area contributed by atoms with Crippen molar-refractivity contribution in [3.8, 4) is 5.75 Å². The molecule has 0 saturated carbocycles. The molecule has 4 nitrogen and oxygen atoms in total. The molecule has 0 bridgehead atoms. The van der Waals surface area contributed by atoms with Gasteiger partial charge in [0.25, 0.3) is 0 Å². The molecule has 0 aliphatic carbocycles. The first-order chi connectivity index (χ1) is 8.06. The third-order valence-corrected chi connectivity index (χ3v) is 1.85. The highest BCUT2D eigenvalue weighted by atomic mass is 32.1. The van der Waals surface area contributed by atoms with E-state index in [2.05, 4.69) is 22.7 Å². The number of nitrogens with one attached hydrogen (secondary N) is 1. The lowest BCUT2D eigenvalue weighted by molar-refractivity contribution is 0.335. The highest BCUT2D eigenvalue weighted by molar-refractivity contribution is 7.80. The van der Waals surface area contributed by atoms with Crippen molar-refractivity contribution < 1.29 is 13.5 Å². The first kappa shape index (κ1) is 13.3. The van der Waals surface area contributed by atoms with Gasteiger partial charge >= 0.3 is 0 Å². The topological polar surface area (TPSA) is 59.6 Å². The average Bonchev–Trinajstić information content (AvgIpc) is 2.27. The van der Waals surface area contributed by atoms with Gasteiger partial charge < -0.3 is 10.5 Å². The highest BCUT2D eigenvalue weighted by Gasteiger charge is 2.12. The molecule has 17 heavy (non-hydrogen) atoms. The largest absolute Gasteiger partial charge is 0.493 e. The number of thiocarbonyl (C=S) groups is 1. The maximum absolute atomic E-state index is 13.5. The van der Waals surface area contributed by atoms with E-state index in [-0.39, 0.29) is 16.4 Å². The van der Waals surface area contributed by atoms with Gasteiger partial charge in [-0.2, -0.15) is 5.10 Å². The van der Waals surface area contributed by atoms with Gasteiger partial charge in [0.2, 0.25) is 0 Å². The van der Waals surface area contributed by atoms with Gasteiger partial charge in [-0.3, -0.25) is 5.43 Å². The number of hydrazone groups is 1. The summed E-state index contributed by atoms with van der Waals surface area (Å²) in [6.45, 7) is 2.06. The minimum Gasteiger partial charge on any atom is -0.493 e. The molecule has 0 unspecified atom stereocenters. The zero-order valence-electron chi connectivity index (χ0n) is 9.04. The van der Waals surface area contributed by atoms with E-state index in [9.17, 15) is 8.78 Å². The predicted molar refractivity (Wildman–Crippen MR) is 65.0 cm³/mol. The fourth-order valence-electron chi connectivity index (χ4n) is 1.11. The van der Waals surface area contributed by atoms with Crippen LogP contribution in [0, 0.1) is 11.6 Å². The van der Waals surface area contributed by atoms with Crippen molar-refractivity contribution in [2.75, 3.05) is 6.61 Å². The second-order valence-electron chi connectivity index (χ2n) is 2.94. The zero-order valence-corrected chi connectivity index (χ0v) is 9.85. The van der Waals surface area contributed by atoms with Crippen molar-refractivity contribution in [2.45, 2.75) is 6.92 Å². The summed E-state index contributed by atoms with van der Waals surface area (Å²) in [5, 5.41) is 3.48. The Bertz CT molecular complexity index is 451. The molecule has 0 spiro atoms. The van der Waals surface area contributed by atoms with Gasteiger partial charge in [-0.25, -0.2) is 8.78 Å². The molecule has 0 atom stereocenters. The molecular weight excluding hydrogens is 248 g/mol. The van der Waals surface area contributed by atoms with E-state index in [1.54, 1.807) is 6.92 Å². The van der Waals surface area contributed by atoms with E-state index in [1.807, 2.05) is 0 Å². The molecule has 0 amide bonds. The number of benzene rings is 1. The molecule has 1 rings (SSSR count). The molecule has 7 heteroatoms. The van der Waals surface area contributed by atoms with Crippen LogP contribution in [0.25, 0.3) is 0 Å². The van der Waals surface area contributed by atoms with Gasteiger partial charge in [0.05, 0.1) is 18.4 Å². The predicted octanol–water partition coefficient (Wildman–Crippen LogP) is 1.53. The van der Waals surface area contributed by atoms with Gasteiger partial charge in [-0.15, -0.1) is 0 Å². The minimum atomic E-state index is -1.04. The average molecular weight is 259 g/mol. The molecule has 0 fully saturated rings. The van der Waals surface area contributed by atoms with Crippen LogP contribution in [0.3, 0.4) is 0 Å². The SMILES string of the molecule is CCOc1ccc(F)c(F)c1C=NNC(N)=S. The van der Waals surface area contributed by atoms with Crippen LogP contribution in [-0.2, 0) is 0 Å². The van der Waals surface area contributed by atoms with Crippen LogP contribution in [-0.4, -0.2) is 17.9 Å². The van der Waals surface area contributed by atoms with Gasteiger partial charge in [0, 0.05) is 0 Å². The van der Waals surface area contributed by atoms with Crippen LogP contribution < -0.4 is 15.9 Å². The Kier molecular flexibility index (Phi) is 4.77. The lowest BCUT2D eigenvalue weighted by atomic mass is 10.2. The van der Waals surface area contributed by atoms with Crippen LogP contribution in [0.1, 0.15) is 12.5 Å². The lowest BCUT2D eigenvalue weighted by Crippen LogP contribution is -2.24. The Hall–Kier alpha value is -1.76. The van der Waals surface area contributed by atoms with Gasteiger partial charge in [-0.05, 0) is 31.3 Å². The standard InChI is InChI=1S/C10H11F2N3OS/c1-2-16-8-4-3-7(11)9(12)6(8)5-14-15-10(13)17/h3-5H,2H2,1H3,(H3,13,15,17). The van der Waals surface area contributed by atoms with E-state index in [0.29, 0.717) is 6.61 Å². The molecular formula is C10H11F2N3OS. The number of hydrogen-bond donors (Lipinski definition) is 2. The number of halogens is 2. The summed E-state index contributed by atoms with van der Waals surface area (Å²) in [4.78, 5) is 0.